The van der Waals surface area contributed by atoms with E-state index in [2.05, 4.69) is 27.2 Å². The van der Waals surface area contributed by atoms with E-state index >= 15 is 0 Å². The molecule has 2 N–H and O–H groups in total. The predicted octanol–water partition coefficient (Wildman–Crippen LogP) is 1.22. The molecule has 5 nitrogen and oxygen atoms in total. The molecule has 1 saturated heterocycles. The van der Waals surface area contributed by atoms with Gasteiger partial charge in [0.15, 0.2) is 5.69 Å². The van der Waals surface area contributed by atoms with E-state index in [1.807, 2.05) is 0 Å². The molecular formula is C11H18ClN3O2. The zero-order valence-electron chi connectivity index (χ0n) is 9.86. The quantitative estimate of drug-likeness (QED) is 0.857. The summed E-state index contributed by atoms with van der Waals surface area (Å²) in [4.78, 5) is 11.6. The van der Waals surface area contributed by atoms with Gasteiger partial charge in [0.05, 0.1) is 0 Å². The highest BCUT2D eigenvalue weighted by Gasteiger charge is 2.27. The van der Waals surface area contributed by atoms with E-state index in [9.17, 15) is 4.79 Å². The Kier molecular flexibility index (Phi) is 4.96. The van der Waals surface area contributed by atoms with Gasteiger partial charge < -0.3 is 15.2 Å². The van der Waals surface area contributed by atoms with Crippen LogP contribution < -0.4 is 10.6 Å². The first kappa shape index (κ1) is 14.0. The van der Waals surface area contributed by atoms with Gasteiger partial charge in [-0.2, -0.15) is 0 Å². The second-order valence-corrected chi connectivity index (χ2v) is 4.63. The van der Waals surface area contributed by atoms with Gasteiger partial charge in [-0.25, -0.2) is 0 Å². The number of piperidine rings is 1. The molecule has 0 unspecified atom stereocenters. The van der Waals surface area contributed by atoms with Crippen molar-refractivity contribution < 1.29 is 9.32 Å². The van der Waals surface area contributed by atoms with Gasteiger partial charge >= 0.3 is 0 Å². The number of nitrogens with zero attached hydrogens (tertiary/aromatic N) is 1. The van der Waals surface area contributed by atoms with Crippen LogP contribution in [0.5, 0.6) is 0 Å². The third-order valence-corrected chi connectivity index (χ3v) is 3.16. The summed E-state index contributed by atoms with van der Waals surface area (Å²) in [6.07, 6.45) is 3.58. The Hall–Kier alpha value is -1.07. The standard InChI is InChI=1S/C11H17N3O2.ClH/c1-11(3-5-12-6-4-11)8-13-10(15)9-2-7-16-14-9;/h2,7,12H,3-6,8H2,1H3,(H,13,15);1H. The Morgan fingerprint density at radius 1 is 1.59 bits per heavy atom. The topological polar surface area (TPSA) is 67.2 Å². The number of carbonyl (C=O) groups excluding carboxylic acids is 1. The predicted molar refractivity (Wildman–Crippen MR) is 66.3 cm³/mol. The van der Waals surface area contributed by atoms with Crippen molar-refractivity contribution in [2.45, 2.75) is 19.8 Å². The maximum atomic E-state index is 11.6. The van der Waals surface area contributed by atoms with Crippen molar-refractivity contribution in [3.63, 3.8) is 0 Å². The summed E-state index contributed by atoms with van der Waals surface area (Å²) < 4.78 is 4.63. The van der Waals surface area contributed by atoms with Crippen LogP contribution in [0.15, 0.2) is 16.9 Å². The van der Waals surface area contributed by atoms with E-state index in [1.165, 1.54) is 6.26 Å². The van der Waals surface area contributed by atoms with E-state index in [0.717, 1.165) is 25.9 Å². The molecule has 0 radical (unpaired) electrons. The first-order chi connectivity index (χ1) is 7.70. The average Bonchev–Trinajstić information content (AvgIpc) is 2.80. The van der Waals surface area contributed by atoms with Gasteiger partial charge in [-0.15, -0.1) is 12.4 Å². The van der Waals surface area contributed by atoms with Gasteiger partial charge in [0.25, 0.3) is 5.91 Å². The molecule has 0 aliphatic carbocycles. The fraction of sp³-hybridized carbons (Fsp3) is 0.636. The number of nitrogens with one attached hydrogen (secondary N) is 2. The maximum absolute atomic E-state index is 11.6. The highest BCUT2D eigenvalue weighted by molar-refractivity contribution is 5.91. The maximum Gasteiger partial charge on any atom is 0.273 e. The average molecular weight is 260 g/mol. The van der Waals surface area contributed by atoms with Crippen LogP contribution in [-0.4, -0.2) is 30.7 Å². The molecule has 1 aliphatic heterocycles. The van der Waals surface area contributed by atoms with Gasteiger partial charge in [0.1, 0.15) is 6.26 Å². The minimum atomic E-state index is -0.159. The van der Waals surface area contributed by atoms with Crippen molar-refractivity contribution >= 4 is 18.3 Å². The minimum Gasteiger partial charge on any atom is -0.364 e. The van der Waals surface area contributed by atoms with Crippen LogP contribution in [0.1, 0.15) is 30.3 Å². The first-order valence-corrected chi connectivity index (χ1v) is 5.59. The molecule has 0 atom stereocenters. The molecule has 1 fully saturated rings. The third-order valence-electron chi connectivity index (χ3n) is 3.16. The zero-order chi connectivity index (χ0) is 11.4. The normalized spacial score (nSPS) is 18.2. The van der Waals surface area contributed by atoms with Crippen molar-refractivity contribution in [3.05, 3.63) is 18.0 Å². The van der Waals surface area contributed by atoms with Crippen molar-refractivity contribution in [2.75, 3.05) is 19.6 Å². The molecule has 2 heterocycles. The Labute approximate surface area is 107 Å². The number of hydrogen-bond acceptors (Lipinski definition) is 4. The summed E-state index contributed by atoms with van der Waals surface area (Å²) in [6, 6.07) is 1.57. The molecular weight excluding hydrogens is 242 g/mol. The summed E-state index contributed by atoms with van der Waals surface area (Å²) >= 11 is 0. The Morgan fingerprint density at radius 3 is 2.88 bits per heavy atom. The van der Waals surface area contributed by atoms with Crippen LogP contribution in [0.25, 0.3) is 0 Å². The number of hydrogen-bond donors (Lipinski definition) is 2. The molecule has 1 amide bonds. The zero-order valence-corrected chi connectivity index (χ0v) is 10.7. The largest absolute Gasteiger partial charge is 0.364 e. The van der Waals surface area contributed by atoms with E-state index < -0.39 is 0 Å². The molecule has 96 valence electrons. The second-order valence-electron chi connectivity index (χ2n) is 4.63. The van der Waals surface area contributed by atoms with Crippen LogP contribution in [0, 0.1) is 5.41 Å². The van der Waals surface area contributed by atoms with Gasteiger partial charge in [-0.1, -0.05) is 12.1 Å². The molecule has 0 bridgehead atoms. The van der Waals surface area contributed by atoms with Crippen LogP contribution in [0.4, 0.5) is 0 Å². The molecule has 6 heteroatoms. The number of halogens is 1. The van der Waals surface area contributed by atoms with E-state index in [1.54, 1.807) is 6.07 Å². The minimum absolute atomic E-state index is 0. The summed E-state index contributed by atoms with van der Waals surface area (Å²) in [6.45, 7) is 4.95. The first-order valence-electron chi connectivity index (χ1n) is 5.59. The van der Waals surface area contributed by atoms with Gasteiger partial charge in [0.2, 0.25) is 0 Å². The lowest BCUT2D eigenvalue weighted by Crippen LogP contribution is -2.42. The lowest BCUT2D eigenvalue weighted by atomic mass is 9.81. The van der Waals surface area contributed by atoms with Crippen molar-refractivity contribution in [3.8, 4) is 0 Å². The molecule has 2 rings (SSSR count). The molecule has 1 aromatic rings. The summed E-state index contributed by atoms with van der Waals surface area (Å²) in [7, 11) is 0. The highest BCUT2D eigenvalue weighted by Crippen LogP contribution is 2.26. The van der Waals surface area contributed by atoms with Gasteiger partial charge in [0, 0.05) is 12.6 Å². The van der Waals surface area contributed by atoms with Crippen molar-refractivity contribution in [1.82, 2.24) is 15.8 Å². The fourth-order valence-corrected chi connectivity index (χ4v) is 1.92. The number of amides is 1. The third kappa shape index (κ3) is 3.71. The Balaban J connectivity index is 0.00000144. The molecule has 0 saturated carbocycles. The Morgan fingerprint density at radius 2 is 2.29 bits per heavy atom. The Bertz CT molecular complexity index is 348. The van der Waals surface area contributed by atoms with Crippen molar-refractivity contribution in [2.24, 2.45) is 5.41 Å². The van der Waals surface area contributed by atoms with Gasteiger partial charge in [-0.05, 0) is 31.3 Å². The summed E-state index contributed by atoms with van der Waals surface area (Å²) in [5.41, 5.74) is 0.544. The van der Waals surface area contributed by atoms with E-state index in [4.69, 9.17) is 0 Å². The molecule has 0 aromatic carbocycles. The molecule has 0 spiro atoms. The summed E-state index contributed by atoms with van der Waals surface area (Å²) in [5.74, 6) is -0.159. The monoisotopic (exact) mass is 259 g/mol. The number of carbonyl (C=O) groups is 1. The lowest BCUT2D eigenvalue weighted by Gasteiger charge is -2.33. The van der Waals surface area contributed by atoms with Crippen LogP contribution >= 0.6 is 12.4 Å². The van der Waals surface area contributed by atoms with Crippen LogP contribution in [0.3, 0.4) is 0 Å². The fourth-order valence-electron chi connectivity index (χ4n) is 1.92. The lowest BCUT2D eigenvalue weighted by molar-refractivity contribution is 0.0913. The van der Waals surface area contributed by atoms with Crippen molar-refractivity contribution in [1.29, 1.82) is 0 Å². The second kappa shape index (κ2) is 6.02. The molecule has 17 heavy (non-hydrogen) atoms. The molecule has 1 aliphatic rings. The number of aromatic nitrogens is 1. The summed E-state index contributed by atoms with van der Waals surface area (Å²) in [5, 5.41) is 9.82. The highest BCUT2D eigenvalue weighted by atomic mass is 35.5. The molecule has 1 aromatic heterocycles. The van der Waals surface area contributed by atoms with Crippen LogP contribution in [-0.2, 0) is 0 Å². The van der Waals surface area contributed by atoms with E-state index in [0.29, 0.717) is 12.2 Å². The SMILES string of the molecule is CC1(CNC(=O)c2ccon2)CCNCC1.Cl. The smallest absolute Gasteiger partial charge is 0.273 e. The van der Waals surface area contributed by atoms with Gasteiger partial charge in [-0.3, -0.25) is 4.79 Å². The number of rotatable bonds is 3. The van der Waals surface area contributed by atoms with E-state index in [-0.39, 0.29) is 23.7 Å². The van der Waals surface area contributed by atoms with Crippen LogP contribution in [0.2, 0.25) is 0 Å².